The molecule has 3 fully saturated rings. The normalized spacial score (nSPS) is 28.1. The van der Waals surface area contributed by atoms with E-state index in [-0.39, 0.29) is 18.9 Å². The zero-order chi connectivity index (χ0) is 67.5. The van der Waals surface area contributed by atoms with Gasteiger partial charge in [0.15, 0.2) is 18.9 Å². The number of carbonyl (C=O) groups excluding carboxylic acids is 1. The van der Waals surface area contributed by atoms with Crippen molar-refractivity contribution in [1.82, 2.24) is 5.32 Å². The van der Waals surface area contributed by atoms with Crippen LogP contribution in [-0.2, 0) is 33.2 Å². The first-order valence-corrected chi connectivity index (χ1v) is 36.0. The zero-order valence-corrected chi connectivity index (χ0v) is 56.7. The minimum atomic E-state index is -1.98. The average molecular weight is 1320 g/mol. The highest BCUT2D eigenvalue weighted by atomic mass is 16.8. The summed E-state index contributed by atoms with van der Waals surface area (Å²) in [6.45, 7) is 1.52. The smallest absolute Gasteiger partial charge is 0.220 e. The molecule has 17 atom stereocenters. The summed E-state index contributed by atoms with van der Waals surface area (Å²) in [5.41, 5.74) is 0. The van der Waals surface area contributed by atoms with Gasteiger partial charge in [-0.2, -0.15) is 0 Å². The van der Waals surface area contributed by atoms with E-state index < -0.39 is 124 Å². The Balaban J connectivity index is 1.27. The van der Waals surface area contributed by atoms with E-state index in [4.69, 9.17) is 28.4 Å². The zero-order valence-electron chi connectivity index (χ0n) is 56.7. The first-order chi connectivity index (χ1) is 45.3. The highest BCUT2D eigenvalue weighted by molar-refractivity contribution is 5.76. The SMILES string of the molecule is CC/C=C\C/C=C\C/C=C\C/C=C\C/C=C\C/C=C\CCCCCCCCCCCCCCCCCCCCCCC(=O)NC(COC1OC(CO)C(OC2OC(CO)C(OC3OC(CO)C(O)C(O)C3O)C(O)C2O)C(O)C1O)C(O)/C=C/CC/C=C/CCCCC. The van der Waals surface area contributed by atoms with Crippen molar-refractivity contribution in [3.63, 3.8) is 0 Å². The number of ether oxygens (including phenoxy) is 6. The average Bonchev–Trinajstić information content (AvgIpc) is 0.828. The first-order valence-electron chi connectivity index (χ1n) is 36.0. The maximum Gasteiger partial charge on any atom is 0.220 e. The van der Waals surface area contributed by atoms with E-state index in [1.54, 1.807) is 6.08 Å². The standard InChI is InChI=1S/C74H127NO18/c1-3-5-7-9-11-13-14-15-16-17-18-19-20-21-22-23-24-25-26-27-28-29-30-31-32-33-34-35-36-37-38-39-40-41-42-44-46-48-50-52-62(80)75-57(58(79)51-49-47-45-43-12-10-8-6-4-2)56-88-72-68(86)65(83)70(60(54-77)90-72)93-74-69(87)66(84)71(61(55-78)91-74)92-73-67(85)64(82)63(81)59(53-76)89-73/h5,7,11-13,15-16,18-19,21-22,24-25,43,49,51,57-61,63-74,76-79,81-87H,3-4,6,8-10,14,17,20,23,26-42,44-48,50,52-56H2,1-2H3,(H,75,80)/b7-5-,13-11-,16-15-,19-18-,22-21-,25-24-,43-12+,51-49+. The fourth-order valence-electron chi connectivity index (χ4n) is 11.6. The molecule has 0 aromatic heterocycles. The molecule has 0 bridgehead atoms. The third-order valence-corrected chi connectivity index (χ3v) is 17.4. The van der Waals surface area contributed by atoms with E-state index in [9.17, 15) is 61.0 Å². The molecule has 0 radical (unpaired) electrons. The number of hydrogen-bond donors (Lipinski definition) is 12. The minimum Gasteiger partial charge on any atom is -0.394 e. The van der Waals surface area contributed by atoms with Crippen LogP contribution in [0.2, 0.25) is 0 Å². The molecule has 3 rings (SSSR count). The summed E-state index contributed by atoms with van der Waals surface area (Å²) in [7, 11) is 0. The Morgan fingerprint density at radius 1 is 0.398 bits per heavy atom. The van der Waals surface area contributed by atoms with Crippen molar-refractivity contribution < 1.29 is 89.4 Å². The summed E-state index contributed by atoms with van der Waals surface area (Å²) in [5.74, 6) is -0.289. The second-order valence-corrected chi connectivity index (χ2v) is 25.3. The Morgan fingerprint density at radius 3 is 1.20 bits per heavy atom. The summed E-state index contributed by atoms with van der Waals surface area (Å²) >= 11 is 0. The summed E-state index contributed by atoms with van der Waals surface area (Å²) in [6, 6.07) is -0.990. The monoisotopic (exact) mass is 1320 g/mol. The van der Waals surface area contributed by atoms with Crippen molar-refractivity contribution in [2.75, 3.05) is 26.4 Å². The molecular formula is C74H127NO18. The molecule has 93 heavy (non-hydrogen) atoms. The van der Waals surface area contributed by atoms with Crippen LogP contribution in [0.4, 0.5) is 0 Å². The molecule has 0 spiro atoms. The largest absolute Gasteiger partial charge is 0.394 e. The fraction of sp³-hybridized carbons (Fsp3) is 0.770. The van der Waals surface area contributed by atoms with Gasteiger partial charge >= 0.3 is 0 Å². The molecule has 1 amide bonds. The number of unbranched alkanes of at least 4 members (excludes halogenated alkanes) is 24. The quantitative estimate of drug-likeness (QED) is 0.0199. The molecular weight excluding hydrogens is 1190 g/mol. The Hall–Kier alpha value is -3.29. The second kappa shape index (κ2) is 54.7. The van der Waals surface area contributed by atoms with E-state index in [1.165, 1.54) is 116 Å². The summed E-state index contributed by atoms with van der Waals surface area (Å²) < 4.78 is 34.2. The predicted molar refractivity (Wildman–Crippen MR) is 364 cm³/mol. The van der Waals surface area contributed by atoms with Crippen molar-refractivity contribution in [2.45, 2.75) is 336 Å². The number of carbonyl (C=O) groups is 1. The molecule has 19 heteroatoms. The van der Waals surface area contributed by atoms with Gasteiger partial charge in [0.1, 0.15) is 73.2 Å². The van der Waals surface area contributed by atoms with E-state index in [1.807, 2.05) is 6.08 Å². The molecule has 0 aromatic rings. The maximum absolute atomic E-state index is 13.3. The minimum absolute atomic E-state index is 0.233. The van der Waals surface area contributed by atoms with E-state index in [2.05, 4.69) is 104 Å². The molecule has 0 aliphatic carbocycles. The number of allylic oxidation sites excluding steroid dienone is 15. The van der Waals surface area contributed by atoms with Crippen LogP contribution >= 0.6 is 0 Å². The van der Waals surface area contributed by atoms with Gasteiger partial charge < -0.3 is 89.9 Å². The molecule has 536 valence electrons. The van der Waals surface area contributed by atoms with Crippen molar-refractivity contribution in [2.24, 2.45) is 0 Å². The van der Waals surface area contributed by atoms with Crippen LogP contribution in [0, 0.1) is 0 Å². The van der Waals surface area contributed by atoms with E-state index in [0.717, 1.165) is 83.5 Å². The van der Waals surface area contributed by atoms with Crippen LogP contribution in [0.25, 0.3) is 0 Å². The van der Waals surface area contributed by atoms with Gasteiger partial charge in [-0.3, -0.25) is 4.79 Å². The van der Waals surface area contributed by atoms with Gasteiger partial charge in [-0.1, -0.05) is 239 Å². The summed E-state index contributed by atoms with van der Waals surface area (Å²) in [6.07, 6.45) is 45.9. The Morgan fingerprint density at radius 2 is 0.753 bits per heavy atom. The Kier molecular flexibility index (Phi) is 49.4. The Bertz CT molecular complexity index is 2060. The van der Waals surface area contributed by atoms with E-state index >= 15 is 0 Å². The first kappa shape index (κ1) is 83.9. The predicted octanol–water partition coefficient (Wildman–Crippen LogP) is 10.0. The van der Waals surface area contributed by atoms with Gasteiger partial charge in [-0.05, 0) is 83.5 Å². The van der Waals surface area contributed by atoms with Gasteiger partial charge in [-0.25, -0.2) is 0 Å². The lowest BCUT2D eigenvalue weighted by Crippen LogP contribution is -2.66. The third-order valence-electron chi connectivity index (χ3n) is 17.4. The maximum atomic E-state index is 13.3. The third kappa shape index (κ3) is 36.2. The van der Waals surface area contributed by atoms with Crippen molar-refractivity contribution >= 4 is 5.91 Å². The van der Waals surface area contributed by atoms with Crippen LogP contribution in [0.5, 0.6) is 0 Å². The van der Waals surface area contributed by atoms with Gasteiger partial charge in [-0.15, -0.1) is 0 Å². The number of aliphatic hydroxyl groups excluding tert-OH is 11. The molecule has 17 unspecified atom stereocenters. The molecule has 19 nitrogen and oxygen atoms in total. The number of aliphatic hydroxyl groups is 11. The van der Waals surface area contributed by atoms with Crippen molar-refractivity contribution in [1.29, 1.82) is 0 Å². The van der Waals surface area contributed by atoms with Crippen LogP contribution in [0.3, 0.4) is 0 Å². The fourth-order valence-corrected chi connectivity index (χ4v) is 11.6. The van der Waals surface area contributed by atoms with Gasteiger partial charge in [0.25, 0.3) is 0 Å². The lowest BCUT2D eigenvalue weighted by atomic mass is 9.96. The molecule has 0 aromatic carbocycles. The van der Waals surface area contributed by atoms with Crippen molar-refractivity contribution in [3.05, 3.63) is 97.2 Å². The van der Waals surface area contributed by atoms with Gasteiger partial charge in [0.05, 0.1) is 38.6 Å². The number of hydrogen-bond acceptors (Lipinski definition) is 18. The second-order valence-electron chi connectivity index (χ2n) is 25.3. The van der Waals surface area contributed by atoms with Gasteiger partial charge in [0, 0.05) is 6.42 Å². The molecule has 3 aliphatic rings. The number of amides is 1. The lowest BCUT2D eigenvalue weighted by molar-refractivity contribution is -0.379. The molecule has 3 heterocycles. The molecule has 3 aliphatic heterocycles. The van der Waals surface area contributed by atoms with Crippen LogP contribution < -0.4 is 5.32 Å². The number of nitrogens with one attached hydrogen (secondary N) is 1. The highest BCUT2D eigenvalue weighted by Crippen LogP contribution is 2.33. The topological polar surface area (TPSA) is 307 Å². The Labute approximate surface area is 558 Å². The molecule has 0 saturated carbocycles. The highest BCUT2D eigenvalue weighted by Gasteiger charge is 2.53. The summed E-state index contributed by atoms with van der Waals surface area (Å²) in [5, 5.41) is 120. The van der Waals surface area contributed by atoms with E-state index in [0.29, 0.717) is 12.8 Å². The van der Waals surface area contributed by atoms with Crippen molar-refractivity contribution in [3.8, 4) is 0 Å². The molecule has 3 saturated heterocycles. The number of rotatable bonds is 54. The van der Waals surface area contributed by atoms with Crippen LogP contribution in [0.1, 0.15) is 232 Å². The lowest BCUT2D eigenvalue weighted by Gasteiger charge is -2.48. The van der Waals surface area contributed by atoms with Crippen LogP contribution in [0.15, 0.2) is 97.2 Å². The van der Waals surface area contributed by atoms with Crippen LogP contribution in [-0.4, -0.2) is 193 Å². The molecule has 12 N–H and O–H groups in total. The summed E-state index contributed by atoms with van der Waals surface area (Å²) in [4.78, 5) is 13.3. The van der Waals surface area contributed by atoms with Gasteiger partial charge in [0.2, 0.25) is 5.91 Å².